The van der Waals surface area contributed by atoms with Crippen LogP contribution < -0.4 is 5.32 Å². The number of nitrogens with zero attached hydrogens (tertiary/aromatic N) is 5. The van der Waals surface area contributed by atoms with Crippen LogP contribution in [-0.2, 0) is 13.5 Å². The summed E-state index contributed by atoms with van der Waals surface area (Å²) in [7, 11) is 1.72. The number of rotatable bonds is 5. The monoisotopic (exact) mass is 318 g/mol. The number of hydrogen-bond donors (Lipinski definition) is 1. The topological polar surface area (TPSA) is 77.1 Å². The van der Waals surface area contributed by atoms with E-state index >= 15 is 0 Å². The van der Waals surface area contributed by atoms with Crippen molar-refractivity contribution in [1.29, 1.82) is 0 Å². The molecule has 0 radical (unpaired) electrons. The van der Waals surface area contributed by atoms with Crippen LogP contribution in [-0.4, -0.2) is 36.8 Å². The van der Waals surface area contributed by atoms with Crippen molar-refractivity contribution in [1.82, 2.24) is 29.7 Å². The van der Waals surface area contributed by atoms with Gasteiger partial charge in [0.2, 0.25) is 0 Å². The zero-order valence-corrected chi connectivity index (χ0v) is 12.8. The van der Waals surface area contributed by atoms with Gasteiger partial charge >= 0.3 is 0 Å². The first-order chi connectivity index (χ1) is 10.6. The van der Waals surface area contributed by atoms with Crippen LogP contribution in [0.1, 0.15) is 22.7 Å². The van der Waals surface area contributed by atoms with E-state index in [1.807, 2.05) is 28.8 Å². The SMILES string of the molecule is Cn1cc(Cl)c(C(=O)NCCCc2nnc3ccccn23)n1. The Balaban J connectivity index is 1.53. The number of halogens is 1. The van der Waals surface area contributed by atoms with Crippen LogP contribution >= 0.6 is 11.6 Å². The zero-order chi connectivity index (χ0) is 15.5. The molecule has 0 aliphatic carbocycles. The van der Waals surface area contributed by atoms with Gasteiger partial charge in [0.05, 0.1) is 5.02 Å². The molecule has 0 saturated carbocycles. The minimum absolute atomic E-state index is 0.247. The Morgan fingerprint density at radius 3 is 3.00 bits per heavy atom. The van der Waals surface area contributed by atoms with Crippen molar-refractivity contribution in [3.63, 3.8) is 0 Å². The summed E-state index contributed by atoms with van der Waals surface area (Å²) in [6.07, 6.45) is 5.00. The summed E-state index contributed by atoms with van der Waals surface area (Å²) in [5.41, 5.74) is 1.07. The van der Waals surface area contributed by atoms with Gasteiger partial charge in [-0.25, -0.2) is 0 Å². The summed E-state index contributed by atoms with van der Waals surface area (Å²) in [5.74, 6) is 0.609. The van der Waals surface area contributed by atoms with E-state index in [0.717, 1.165) is 24.3 Å². The van der Waals surface area contributed by atoms with E-state index in [4.69, 9.17) is 11.6 Å². The lowest BCUT2D eigenvalue weighted by Crippen LogP contribution is -2.25. The van der Waals surface area contributed by atoms with E-state index < -0.39 is 0 Å². The molecule has 0 aromatic carbocycles. The van der Waals surface area contributed by atoms with E-state index in [9.17, 15) is 4.79 Å². The highest BCUT2D eigenvalue weighted by Crippen LogP contribution is 2.12. The molecule has 0 atom stereocenters. The second-order valence-electron chi connectivity index (χ2n) is 4.90. The Hall–Kier alpha value is -2.41. The summed E-state index contributed by atoms with van der Waals surface area (Å²) < 4.78 is 3.46. The van der Waals surface area contributed by atoms with Crippen molar-refractivity contribution < 1.29 is 4.79 Å². The molecule has 3 aromatic rings. The number of aryl methyl sites for hydroxylation is 2. The molecule has 22 heavy (non-hydrogen) atoms. The third-order valence-corrected chi connectivity index (χ3v) is 3.52. The normalized spacial score (nSPS) is 11.0. The Morgan fingerprint density at radius 2 is 2.23 bits per heavy atom. The molecule has 1 amide bonds. The molecule has 0 saturated heterocycles. The van der Waals surface area contributed by atoms with Crippen LogP contribution in [0.4, 0.5) is 0 Å². The van der Waals surface area contributed by atoms with Gasteiger partial charge in [-0.1, -0.05) is 17.7 Å². The van der Waals surface area contributed by atoms with Crippen LogP contribution in [0.3, 0.4) is 0 Å². The maximum absolute atomic E-state index is 11.9. The second kappa shape index (κ2) is 6.15. The average molecular weight is 319 g/mol. The molecule has 3 heterocycles. The van der Waals surface area contributed by atoms with Crippen LogP contribution in [0.25, 0.3) is 5.65 Å². The lowest BCUT2D eigenvalue weighted by Gasteiger charge is -2.03. The van der Waals surface area contributed by atoms with Crippen molar-refractivity contribution in [2.45, 2.75) is 12.8 Å². The quantitative estimate of drug-likeness (QED) is 0.723. The lowest BCUT2D eigenvalue weighted by atomic mass is 10.3. The summed E-state index contributed by atoms with van der Waals surface area (Å²) in [4.78, 5) is 11.9. The van der Waals surface area contributed by atoms with E-state index in [1.165, 1.54) is 4.68 Å². The van der Waals surface area contributed by atoms with Crippen LogP contribution in [0, 0.1) is 0 Å². The van der Waals surface area contributed by atoms with Gasteiger partial charge in [-0.2, -0.15) is 5.10 Å². The first-order valence-electron chi connectivity index (χ1n) is 6.91. The minimum Gasteiger partial charge on any atom is -0.351 e. The van der Waals surface area contributed by atoms with Gasteiger partial charge in [0, 0.05) is 32.4 Å². The average Bonchev–Trinajstić information content (AvgIpc) is 3.07. The molecule has 3 aromatic heterocycles. The molecular formula is C14H15ClN6O. The first kappa shape index (κ1) is 14.5. The third-order valence-electron chi connectivity index (χ3n) is 3.25. The number of pyridine rings is 1. The number of carbonyl (C=O) groups excluding carboxylic acids is 1. The number of hydrogen-bond acceptors (Lipinski definition) is 4. The molecule has 0 unspecified atom stereocenters. The first-order valence-corrected chi connectivity index (χ1v) is 7.29. The largest absolute Gasteiger partial charge is 0.351 e. The number of aromatic nitrogens is 5. The maximum Gasteiger partial charge on any atom is 0.273 e. The summed E-state index contributed by atoms with van der Waals surface area (Å²) in [6, 6.07) is 5.76. The Labute approximate surface area is 131 Å². The number of nitrogens with one attached hydrogen (secondary N) is 1. The predicted molar refractivity (Wildman–Crippen MR) is 81.9 cm³/mol. The Kier molecular flexibility index (Phi) is 4.06. The van der Waals surface area contributed by atoms with E-state index in [2.05, 4.69) is 20.6 Å². The second-order valence-corrected chi connectivity index (χ2v) is 5.31. The van der Waals surface area contributed by atoms with Crippen molar-refractivity contribution >= 4 is 23.2 Å². The van der Waals surface area contributed by atoms with E-state index in [-0.39, 0.29) is 11.6 Å². The van der Waals surface area contributed by atoms with Gasteiger partial charge < -0.3 is 5.32 Å². The summed E-state index contributed by atoms with van der Waals surface area (Å²) in [5, 5.41) is 15.4. The Morgan fingerprint density at radius 1 is 1.36 bits per heavy atom. The van der Waals surface area contributed by atoms with Gasteiger partial charge in [0.1, 0.15) is 5.82 Å². The minimum atomic E-state index is -0.267. The van der Waals surface area contributed by atoms with E-state index in [1.54, 1.807) is 13.2 Å². The third kappa shape index (κ3) is 2.94. The number of amides is 1. The van der Waals surface area contributed by atoms with Crippen molar-refractivity contribution in [2.24, 2.45) is 7.05 Å². The molecule has 3 rings (SSSR count). The van der Waals surface area contributed by atoms with E-state index in [0.29, 0.717) is 11.6 Å². The molecule has 7 nitrogen and oxygen atoms in total. The van der Waals surface area contributed by atoms with Gasteiger partial charge in [-0.3, -0.25) is 13.9 Å². The molecule has 0 aliphatic heterocycles. The molecular weight excluding hydrogens is 304 g/mol. The lowest BCUT2D eigenvalue weighted by molar-refractivity contribution is 0.0947. The highest BCUT2D eigenvalue weighted by Gasteiger charge is 2.14. The van der Waals surface area contributed by atoms with Gasteiger partial charge in [0.15, 0.2) is 11.3 Å². The highest BCUT2D eigenvalue weighted by atomic mass is 35.5. The number of fused-ring (bicyclic) bond motifs is 1. The summed E-state index contributed by atoms with van der Waals surface area (Å²) in [6.45, 7) is 0.521. The summed E-state index contributed by atoms with van der Waals surface area (Å²) >= 11 is 5.93. The maximum atomic E-state index is 11.9. The van der Waals surface area contributed by atoms with Crippen LogP contribution in [0.2, 0.25) is 5.02 Å². The van der Waals surface area contributed by atoms with Crippen LogP contribution in [0.5, 0.6) is 0 Å². The fourth-order valence-electron chi connectivity index (χ4n) is 2.21. The highest BCUT2D eigenvalue weighted by molar-refractivity contribution is 6.33. The zero-order valence-electron chi connectivity index (χ0n) is 12.0. The smallest absolute Gasteiger partial charge is 0.273 e. The predicted octanol–water partition coefficient (Wildman–Crippen LogP) is 1.48. The van der Waals surface area contributed by atoms with Gasteiger partial charge in [0.25, 0.3) is 5.91 Å². The van der Waals surface area contributed by atoms with Crippen LogP contribution in [0.15, 0.2) is 30.6 Å². The van der Waals surface area contributed by atoms with Gasteiger partial charge in [-0.15, -0.1) is 10.2 Å². The molecule has 0 aliphatic rings. The fraction of sp³-hybridized carbons (Fsp3) is 0.286. The van der Waals surface area contributed by atoms with Crippen molar-refractivity contribution in [3.8, 4) is 0 Å². The number of carbonyl (C=O) groups is 1. The van der Waals surface area contributed by atoms with Crippen molar-refractivity contribution in [2.75, 3.05) is 6.54 Å². The Bertz CT molecular complexity index is 809. The molecule has 0 fully saturated rings. The molecule has 1 N–H and O–H groups in total. The fourth-order valence-corrected chi connectivity index (χ4v) is 2.47. The van der Waals surface area contributed by atoms with Crippen molar-refractivity contribution in [3.05, 3.63) is 47.1 Å². The molecule has 114 valence electrons. The van der Waals surface area contributed by atoms with Gasteiger partial charge in [-0.05, 0) is 18.6 Å². The molecule has 0 spiro atoms. The molecule has 0 bridgehead atoms. The molecule has 8 heteroatoms. The standard InChI is InChI=1S/C14H15ClN6O/c1-20-9-10(15)13(19-20)14(22)16-7-4-6-12-18-17-11-5-2-3-8-21(11)12/h2-3,5,8-9H,4,6-7H2,1H3,(H,16,22).